The minimum absolute atomic E-state index is 0.640. The summed E-state index contributed by atoms with van der Waals surface area (Å²) in [6, 6.07) is 3.57. The van der Waals surface area contributed by atoms with E-state index in [1.165, 1.54) is 25.0 Å². The Balaban J connectivity index is 1.74. The van der Waals surface area contributed by atoms with Gasteiger partial charge in [0.1, 0.15) is 0 Å². The molecule has 0 aromatic carbocycles. The number of aromatic nitrogens is 2. The van der Waals surface area contributed by atoms with Crippen LogP contribution in [0.5, 0.6) is 0 Å². The Bertz CT molecular complexity index is 328. The van der Waals surface area contributed by atoms with E-state index in [1.807, 2.05) is 17.9 Å². The summed E-state index contributed by atoms with van der Waals surface area (Å²) in [5.74, 6) is 0.732. The first-order chi connectivity index (χ1) is 7.66. The van der Waals surface area contributed by atoms with Gasteiger partial charge in [-0.1, -0.05) is 6.92 Å². The summed E-state index contributed by atoms with van der Waals surface area (Å²) in [7, 11) is 2.02. The maximum Gasteiger partial charge on any atom is 0.0492 e. The third kappa shape index (κ3) is 3.08. The fourth-order valence-electron chi connectivity index (χ4n) is 2.06. The lowest BCUT2D eigenvalue weighted by Crippen LogP contribution is -2.34. The van der Waals surface area contributed by atoms with Crippen molar-refractivity contribution >= 4 is 0 Å². The summed E-state index contributed by atoms with van der Waals surface area (Å²) in [4.78, 5) is 0. The lowest BCUT2D eigenvalue weighted by Gasteiger charge is -2.21. The average Bonchev–Trinajstić information content (AvgIpc) is 2.97. The molecule has 0 amide bonds. The van der Waals surface area contributed by atoms with E-state index in [4.69, 9.17) is 0 Å². The molecule has 90 valence electrons. The molecule has 1 fully saturated rings. The molecule has 0 bridgehead atoms. The number of nitrogens with zero attached hydrogens (tertiary/aromatic N) is 2. The Labute approximate surface area is 98.2 Å². The first-order valence-electron chi connectivity index (χ1n) is 6.39. The predicted octanol–water partition coefficient (Wildman–Crippen LogP) is 2.13. The van der Waals surface area contributed by atoms with E-state index in [0.717, 1.165) is 18.4 Å². The van der Waals surface area contributed by atoms with Crippen molar-refractivity contribution in [3.63, 3.8) is 0 Å². The van der Waals surface area contributed by atoms with Crippen LogP contribution in [0.15, 0.2) is 12.3 Å². The summed E-state index contributed by atoms with van der Waals surface area (Å²) in [5.41, 5.74) is 1.34. The summed E-state index contributed by atoms with van der Waals surface area (Å²) < 4.78 is 1.98. The van der Waals surface area contributed by atoms with E-state index < -0.39 is 0 Å². The second-order valence-electron chi connectivity index (χ2n) is 5.19. The Hall–Kier alpha value is -0.830. The van der Waals surface area contributed by atoms with Crippen molar-refractivity contribution in [2.24, 2.45) is 13.0 Å². The van der Waals surface area contributed by atoms with Gasteiger partial charge in [0.05, 0.1) is 0 Å². The maximum absolute atomic E-state index is 4.20. The Morgan fingerprint density at radius 2 is 2.25 bits per heavy atom. The molecule has 2 unspecified atom stereocenters. The van der Waals surface area contributed by atoms with Crippen LogP contribution < -0.4 is 5.32 Å². The van der Waals surface area contributed by atoms with Crippen molar-refractivity contribution < 1.29 is 0 Å². The van der Waals surface area contributed by atoms with Crippen LogP contribution in [-0.4, -0.2) is 21.9 Å². The van der Waals surface area contributed by atoms with Crippen LogP contribution in [0.3, 0.4) is 0 Å². The van der Waals surface area contributed by atoms with Gasteiger partial charge in [-0.25, -0.2) is 0 Å². The van der Waals surface area contributed by atoms with Crippen molar-refractivity contribution in [3.05, 3.63) is 18.0 Å². The highest BCUT2D eigenvalue weighted by Gasteiger charge is 2.24. The molecule has 0 spiro atoms. The highest BCUT2D eigenvalue weighted by molar-refractivity contribution is 5.00. The molecule has 1 aliphatic rings. The summed E-state index contributed by atoms with van der Waals surface area (Å²) >= 11 is 0. The van der Waals surface area contributed by atoms with Crippen LogP contribution >= 0.6 is 0 Å². The molecule has 0 saturated heterocycles. The van der Waals surface area contributed by atoms with Crippen LogP contribution in [-0.2, 0) is 13.5 Å². The zero-order valence-corrected chi connectivity index (χ0v) is 10.6. The molecule has 3 nitrogen and oxygen atoms in total. The Kier molecular flexibility index (Phi) is 3.64. The predicted molar refractivity (Wildman–Crippen MR) is 66.3 cm³/mol. The molecular weight excluding hydrogens is 198 g/mol. The third-order valence-electron chi connectivity index (χ3n) is 3.71. The van der Waals surface area contributed by atoms with Gasteiger partial charge in [-0.2, -0.15) is 5.10 Å². The number of aryl methyl sites for hydroxylation is 2. The number of hydrogen-bond acceptors (Lipinski definition) is 2. The monoisotopic (exact) mass is 221 g/mol. The lowest BCUT2D eigenvalue weighted by atomic mass is 9.97. The van der Waals surface area contributed by atoms with Crippen LogP contribution in [0.25, 0.3) is 0 Å². The zero-order valence-electron chi connectivity index (χ0n) is 10.6. The molecule has 1 saturated carbocycles. The lowest BCUT2D eigenvalue weighted by molar-refractivity contribution is 0.374. The average molecular weight is 221 g/mol. The molecule has 0 radical (unpaired) electrons. The summed E-state index contributed by atoms with van der Waals surface area (Å²) in [5, 5.41) is 7.87. The maximum atomic E-state index is 4.20. The van der Waals surface area contributed by atoms with Gasteiger partial charge in [0, 0.05) is 31.0 Å². The second-order valence-corrected chi connectivity index (χ2v) is 5.19. The Morgan fingerprint density at radius 1 is 1.50 bits per heavy atom. The number of nitrogens with one attached hydrogen (secondary N) is 1. The van der Waals surface area contributed by atoms with E-state index in [2.05, 4.69) is 30.3 Å². The van der Waals surface area contributed by atoms with Crippen molar-refractivity contribution in [1.29, 1.82) is 0 Å². The number of rotatable bonds is 6. The molecule has 2 rings (SSSR count). The number of hydrogen-bond donors (Lipinski definition) is 1. The van der Waals surface area contributed by atoms with Gasteiger partial charge in [0.2, 0.25) is 0 Å². The van der Waals surface area contributed by atoms with E-state index in [-0.39, 0.29) is 0 Å². The van der Waals surface area contributed by atoms with Crippen molar-refractivity contribution in [2.75, 3.05) is 0 Å². The van der Waals surface area contributed by atoms with Crippen LogP contribution in [0.2, 0.25) is 0 Å². The molecule has 0 aliphatic heterocycles. The third-order valence-corrected chi connectivity index (χ3v) is 3.71. The van der Waals surface area contributed by atoms with E-state index in [0.29, 0.717) is 6.04 Å². The minimum atomic E-state index is 0.640. The molecule has 3 heteroatoms. The van der Waals surface area contributed by atoms with Crippen LogP contribution in [0, 0.1) is 5.92 Å². The van der Waals surface area contributed by atoms with E-state index in [9.17, 15) is 0 Å². The molecule has 1 aromatic rings. The highest BCUT2D eigenvalue weighted by Crippen LogP contribution is 2.22. The van der Waals surface area contributed by atoms with Gasteiger partial charge in [-0.05, 0) is 44.6 Å². The fraction of sp³-hybridized carbons (Fsp3) is 0.769. The molecular formula is C13H23N3. The quantitative estimate of drug-likeness (QED) is 0.797. The van der Waals surface area contributed by atoms with Crippen molar-refractivity contribution in [1.82, 2.24) is 15.1 Å². The summed E-state index contributed by atoms with van der Waals surface area (Å²) in [6.07, 6.45) is 7.00. The fourth-order valence-corrected chi connectivity index (χ4v) is 2.06. The smallest absolute Gasteiger partial charge is 0.0492 e. The molecule has 1 heterocycles. The highest BCUT2D eigenvalue weighted by atomic mass is 15.2. The Morgan fingerprint density at radius 3 is 2.81 bits per heavy atom. The van der Waals surface area contributed by atoms with E-state index in [1.54, 1.807) is 0 Å². The van der Waals surface area contributed by atoms with Gasteiger partial charge in [-0.15, -0.1) is 0 Å². The second kappa shape index (κ2) is 5.00. The summed E-state index contributed by atoms with van der Waals surface area (Å²) in [6.45, 7) is 4.66. The first-order valence-corrected chi connectivity index (χ1v) is 6.39. The standard InChI is InChI=1S/C13H23N3/c1-10(11(2)15-12-5-6-12)4-7-13-8-9-14-16(13)3/h8-12,15H,4-7H2,1-3H3. The minimum Gasteiger partial charge on any atom is -0.311 e. The van der Waals surface area contributed by atoms with Crippen LogP contribution in [0.1, 0.15) is 38.8 Å². The van der Waals surface area contributed by atoms with Gasteiger partial charge in [-0.3, -0.25) is 4.68 Å². The van der Waals surface area contributed by atoms with Crippen LogP contribution in [0.4, 0.5) is 0 Å². The van der Waals surface area contributed by atoms with Gasteiger partial charge >= 0.3 is 0 Å². The van der Waals surface area contributed by atoms with Gasteiger partial charge < -0.3 is 5.32 Å². The normalized spacial score (nSPS) is 19.7. The van der Waals surface area contributed by atoms with E-state index >= 15 is 0 Å². The SMILES string of the molecule is CC(CCc1ccnn1C)C(C)NC1CC1. The van der Waals surface area contributed by atoms with Gasteiger partial charge in [0.15, 0.2) is 0 Å². The molecule has 2 atom stereocenters. The largest absolute Gasteiger partial charge is 0.311 e. The van der Waals surface area contributed by atoms with Crippen molar-refractivity contribution in [2.45, 2.75) is 51.6 Å². The van der Waals surface area contributed by atoms with Gasteiger partial charge in [0.25, 0.3) is 0 Å². The molecule has 1 N–H and O–H groups in total. The first kappa shape index (κ1) is 11.6. The molecule has 1 aromatic heterocycles. The van der Waals surface area contributed by atoms with Crippen molar-refractivity contribution in [3.8, 4) is 0 Å². The molecule has 16 heavy (non-hydrogen) atoms. The topological polar surface area (TPSA) is 29.9 Å². The molecule has 1 aliphatic carbocycles. The zero-order chi connectivity index (χ0) is 11.5.